The van der Waals surface area contributed by atoms with E-state index in [9.17, 15) is 0 Å². The van der Waals surface area contributed by atoms with Crippen molar-refractivity contribution in [2.45, 2.75) is 11.8 Å². The second-order valence-electron chi connectivity index (χ2n) is 1.75. The van der Waals surface area contributed by atoms with Crippen LogP contribution in [0.3, 0.4) is 0 Å². The van der Waals surface area contributed by atoms with Crippen LogP contribution in [0.1, 0.15) is 16.6 Å². The third kappa shape index (κ3) is 1.79. The molecule has 0 saturated heterocycles. The van der Waals surface area contributed by atoms with E-state index in [1.165, 1.54) is 9.35 Å². The molecule has 0 aliphatic heterocycles. The van der Waals surface area contributed by atoms with Crippen LogP contribution in [0.15, 0.2) is 15.9 Å². The molecule has 0 fully saturated rings. The molecule has 3 heteroatoms. The molecule has 0 radical (unpaired) electrons. The van der Waals surface area contributed by atoms with Crippen molar-refractivity contribution >= 4 is 43.2 Å². The van der Waals surface area contributed by atoms with Gasteiger partial charge in [0, 0.05) is 14.2 Å². The van der Waals surface area contributed by atoms with Crippen molar-refractivity contribution in [3.05, 3.63) is 20.8 Å². The van der Waals surface area contributed by atoms with Gasteiger partial charge in [-0.1, -0.05) is 15.9 Å². The topological polar surface area (TPSA) is 0 Å². The number of halogens is 2. The Labute approximate surface area is 75.5 Å². The first-order valence-electron chi connectivity index (χ1n) is 2.59. The Morgan fingerprint density at radius 2 is 2.33 bits per heavy atom. The summed E-state index contributed by atoms with van der Waals surface area (Å²) < 4.78 is 1.21. The third-order valence-electron chi connectivity index (χ3n) is 1.01. The van der Waals surface area contributed by atoms with Crippen molar-refractivity contribution in [2.75, 3.05) is 0 Å². The van der Waals surface area contributed by atoms with Crippen LogP contribution in [-0.2, 0) is 0 Å². The Morgan fingerprint density at radius 1 is 1.67 bits per heavy atom. The molecule has 0 amide bonds. The van der Waals surface area contributed by atoms with E-state index in [2.05, 4.69) is 50.2 Å². The van der Waals surface area contributed by atoms with Gasteiger partial charge in [0.2, 0.25) is 0 Å². The molecule has 0 nitrogen and oxygen atoms in total. The zero-order valence-electron chi connectivity index (χ0n) is 4.90. The third-order valence-corrected chi connectivity index (χ3v) is 3.82. The molecular formula is C6H6Br2S. The minimum absolute atomic E-state index is 0.465. The standard InChI is InChI=1S/C6H6Br2S/c1-4(7)6-5(8)2-3-9-6/h2-4H,1H3. The van der Waals surface area contributed by atoms with Gasteiger partial charge in [-0.2, -0.15) is 0 Å². The second kappa shape index (κ2) is 3.17. The van der Waals surface area contributed by atoms with E-state index in [1.54, 1.807) is 11.3 Å². The molecule has 0 spiro atoms. The number of rotatable bonds is 1. The maximum atomic E-state index is 3.49. The molecule has 0 bridgehead atoms. The smallest absolute Gasteiger partial charge is 0.0472 e. The highest BCUT2D eigenvalue weighted by Crippen LogP contribution is 2.33. The van der Waals surface area contributed by atoms with E-state index in [1.807, 2.05) is 0 Å². The molecule has 50 valence electrons. The summed E-state index contributed by atoms with van der Waals surface area (Å²) in [7, 11) is 0. The average molecular weight is 270 g/mol. The van der Waals surface area contributed by atoms with Gasteiger partial charge in [-0.3, -0.25) is 0 Å². The lowest BCUT2D eigenvalue weighted by Crippen LogP contribution is -1.75. The summed E-state index contributed by atoms with van der Waals surface area (Å²) in [6.45, 7) is 2.12. The number of hydrogen-bond donors (Lipinski definition) is 0. The highest BCUT2D eigenvalue weighted by Gasteiger charge is 2.05. The molecule has 0 aliphatic rings. The van der Waals surface area contributed by atoms with Crippen molar-refractivity contribution in [3.8, 4) is 0 Å². The van der Waals surface area contributed by atoms with Crippen LogP contribution in [0.2, 0.25) is 0 Å². The molecule has 1 atom stereocenters. The van der Waals surface area contributed by atoms with Crippen LogP contribution < -0.4 is 0 Å². The van der Waals surface area contributed by atoms with Crippen molar-refractivity contribution in [1.82, 2.24) is 0 Å². The van der Waals surface area contributed by atoms with Crippen LogP contribution >= 0.6 is 43.2 Å². The van der Waals surface area contributed by atoms with Crippen LogP contribution in [0.5, 0.6) is 0 Å². The van der Waals surface area contributed by atoms with Gasteiger partial charge in [0.15, 0.2) is 0 Å². The molecule has 0 N–H and O–H groups in total. The summed E-state index contributed by atoms with van der Waals surface area (Å²) in [5.74, 6) is 0. The van der Waals surface area contributed by atoms with E-state index < -0.39 is 0 Å². The minimum atomic E-state index is 0.465. The SMILES string of the molecule is CC(Br)c1sccc1Br. The normalized spacial score (nSPS) is 13.7. The Bertz CT molecular complexity index is 193. The fourth-order valence-corrected chi connectivity index (χ4v) is 3.12. The Kier molecular flexibility index (Phi) is 2.73. The molecule has 1 aromatic rings. The summed E-state index contributed by atoms with van der Waals surface area (Å²) in [6.07, 6.45) is 0. The quantitative estimate of drug-likeness (QED) is 0.677. The van der Waals surface area contributed by atoms with Gasteiger partial charge in [0.1, 0.15) is 0 Å². The minimum Gasteiger partial charge on any atom is -0.147 e. The van der Waals surface area contributed by atoms with Crippen LogP contribution in [0.25, 0.3) is 0 Å². The number of thiophene rings is 1. The van der Waals surface area contributed by atoms with Gasteiger partial charge in [-0.25, -0.2) is 0 Å². The summed E-state index contributed by atoms with van der Waals surface area (Å²) in [5, 5.41) is 2.08. The Hall–Kier alpha value is 0.660. The first-order chi connectivity index (χ1) is 4.22. The van der Waals surface area contributed by atoms with Crippen molar-refractivity contribution < 1.29 is 0 Å². The summed E-state index contributed by atoms with van der Waals surface area (Å²) >= 11 is 8.70. The summed E-state index contributed by atoms with van der Waals surface area (Å²) in [5.41, 5.74) is 0. The van der Waals surface area contributed by atoms with Crippen LogP contribution in [0, 0.1) is 0 Å². The van der Waals surface area contributed by atoms with Crippen LogP contribution in [-0.4, -0.2) is 0 Å². The first-order valence-corrected chi connectivity index (χ1v) is 5.17. The van der Waals surface area contributed by atoms with Crippen molar-refractivity contribution in [1.29, 1.82) is 0 Å². The van der Waals surface area contributed by atoms with Crippen molar-refractivity contribution in [2.24, 2.45) is 0 Å². The molecule has 0 saturated carbocycles. The van der Waals surface area contributed by atoms with Crippen molar-refractivity contribution in [3.63, 3.8) is 0 Å². The lowest BCUT2D eigenvalue weighted by molar-refractivity contribution is 1.16. The molecule has 1 heterocycles. The fourth-order valence-electron chi connectivity index (χ4n) is 0.589. The zero-order chi connectivity index (χ0) is 6.85. The molecule has 1 unspecified atom stereocenters. The molecular weight excluding hydrogens is 264 g/mol. The predicted molar refractivity (Wildman–Crippen MR) is 49.4 cm³/mol. The number of alkyl halides is 1. The molecule has 1 rings (SSSR count). The first kappa shape index (κ1) is 7.76. The molecule has 1 aromatic heterocycles. The zero-order valence-corrected chi connectivity index (χ0v) is 8.88. The molecule has 9 heavy (non-hydrogen) atoms. The summed E-state index contributed by atoms with van der Waals surface area (Å²) in [6, 6.07) is 2.07. The van der Waals surface area contributed by atoms with E-state index >= 15 is 0 Å². The highest BCUT2D eigenvalue weighted by atomic mass is 79.9. The predicted octanol–water partition coefficient (Wildman–Crippen LogP) is 3.97. The monoisotopic (exact) mass is 268 g/mol. The van der Waals surface area contributed by atoms with Gasteiger partial charge >= 0.3 is 0 Å². The fraction of sp³-hybridized carbons (Fsp3) is 0.333. The largest absolute Gasteiger partial charge is 0.147 e. The van der Waals surface area contributed by atoms with Gasteiger partial charge in [0.05, 0.1) is 0 Å². The molecule has 0 aromatic carbocycles. The van der Waals surface area contributed by atoms with Gasteiger partial charge in [0.25, 0.3) is 0 Å². The highest BCUT2D eigenvalue weighted by molar-refractivity contribution is 9.11. The molecule has 0 aliphatic carbocycles. The van der Waals surface area contributed by atoms with Gasteiger partial charge < -0.3 is 0 Å². The average Bonchev–Trinajstić information content (AvgIpc) is 2.13. The lowest BCUT2D eigenvalue weighted by atomic mass is 10.4. The van der Waals surface area contributed by atoms with Gasteiger partial charge in [-0.05, 0) is 34.3 Å². The number of hydrogen-bond acceptors (Lipinski definition) is 1. The maximum absolute atomic E-state index is 3.49. The Balaban J connectivity index is 2.94. The summed E-state index contributed by atoms with van der Waals surface area (Å²) in [4.78, 5) is 1.82. The van der Waals surface area contributed by atoms with E-state index in [-0.39, 0.29) is 0 Å². The van der Waals surface area contributed by atoms with E-state index in [0.717, 1.165) is 0 Å². The van der Waals surface area contributed by atoms with E-state index in [4.69, 9.17) is 0 Å². The second-order valence-corrected chi connectivity index (χ2v) is 4.92. The van der Waals surface area contributed by atoms with E-state index in [0.29, 0.717) is 4.83 Å². The van der Waals surface area contributed by atoms with Crippen LogP contribution in [0.4, 0.5) is 0 Å². The lowest BCUT2D eigenvalue weighted by Gasteiger charge is -1.97. The van der Waals surface area contributed by atoms with Gasteiger partial charge in [-0.15, -0.1) is 11.3 Å². The maximum Gasteiger partial charge on any atom is 0.0472 e. The Morgan fingerprint density at radius 3 is 2.56 bits per heavy atom.